The molecule has 1 rings (SSSR count). The van der Waals surface area contributed by atoms with Crippen molar-refractivity contribution in [1.29, 1.82) is 0 Å². The number of methoxy groups -OCH3 is 1. The first-order chi connectivity index (χ1) is 8.51. The Morgan fingerprint density at radius 1 is 1.56 bits per heavy atom. The Bertz CT molecular complexity index is 460. The van der Waals surface area contributed by atoms with Gasteiger partial charge in [0.1, 0.15) is 12.0 Å². The van der Waals surface area contributed by atoms with Crippen LogP contribution in [0.4, 0.5) is 5.69 Å². The fourth-order valence-corrected chi connectivity index (χ4v) is 2.14. The summed E-state index contributed by atoms with van der Waals surface area (Å²) in [6.45, 7) is 3.29. The molecule has 0 heterocycles. The quantitative estimate of drug-likeness (QED) is 0.836. The first-order valence-electron chi connectivity index (χ1n) is 5.58. The number of anilines is 1. The van der Waals surface area contributed by atoms with Gasteiger partial charge in [-0.2, -0.15) is 0 Å². The van der Waals surface area contributed by atoms with Gasteiger partial charge in [0.25, 0.3) is 0 Å². The summed E-state index contributed by atoms with van der Waals surface area (Å²) in [7, 11) is 1.52. The maximum Gasteiger partial charge on any atom is 0.221 e. The molecule has 0 aliphatic carbocycles. The average Bonchev–Trinajstić information content (AvgIpc) is 2.29. The molecule has 0 saturated heterocycles. The second kappa shape index (κ2) is 6.40. The van der Waals surface area contributed by atoms with Crippen molar-refractivity contribution >= 4 is 29.5 Å². The van der Waals surface area contributed by atoms with Crippen LogP contribution in [0.3, 0.4) is 0 Å². The summed E-state index contributed by atoms with van der Waals surface area (Å²) in [5.74, 6) is 0.226. The zero-order chi connectivity index (χ0) is 13.7. The molecule has 4 nitrogen and oxygen atoms in total. The molecule has 0 aliphatic rings. The molecule has 1 amide bonds. The highest BCUT2D eigenvalue weighted by Crippen LogP contribution is 2.39. The molecule has 5 heteroatoms. The lowest BCUT2D eigenvalue weighted by atomic mass is 9.96. The Hall–Kier alpha value is -1.55. The summed E-state index contributed by atoms with van der Waals surface area (Å²) < 4.78 is 5.21. The van der Waals surface area contributed by atoms with Crippen LogP contribution in [-0.2, 0) is 9.59 Å². The summed E-state index contributed by atoms with van der Waals surface area (Å²) in [6, 6.07) is 3.38. The van der Waals surface area contributed by atoms with Crippen molar-refractivity contribution < 1.29 is 14.3 Å². The maximum atomic E-state index is 11.2. The zero-order valence-electron chi connectivity index (χ0n) is 10.6. The summed E-state index contributed by atoms with van der Waals surface area (Å²) in [5.41, 5.74) is 1.25. The highest BCUT2D eigenvalue weighted by Gasteiger charge is 2.19. The Balaban J connectivity index is 3.34. The van der Waals surface area contributed by atoms with Gasteiger partial charge in [0.15, 0.2) is 0 Å². The predicted molar refractivity (Wildman–Crippen MR) is 71.4 cm³/mol. The molecule has 0 saturated carbocycles. The van der Waals surface area contributed by atoms with E-state index in [-0.39, 0.29) is 11.8 Å². The molecule has 1 aromatic carbocycles. The minimum Gasteiger partial charge on any atom is -0.495 e. The van der Waals surface area contributed by atoms with Crippen LogP contribution in [0.2, 0.25) is 5.02 Å². The third-order valence-electron chi connectivity index (χ3n) is 2.62. The van der Waals surface area contributed by atoms with E-state index in [4.69, 9.17) is 16.3 Å². The third-order valence-corrected chi connectivity index (χ3v) is 2.95. The van der Waals surface area contributed by atoms with E-state index in [1.807, 2.05) is 6.92 Å². The van der Waals surface area contributed by atoms with E-state index in [2.05, 4.69) is 5.32 Å². The van der Waals surface area contributed by atoms with E-state index in [0.29, 0.717) is 22.9 Å². The van der Waals surface area contributed by atoms with E-state index in [1.165, 1.54) is 14.0 Å². The molecular weight excluding hydrogens is 254 g/mol. The van der Waals surface area contributed by atoms with Gasteiger partial charge in [0, 0.05) is 23.9 Å². The standard InChI is InChI=1S/C13H16ClNO3/c1-8(6-7-16)12-10(14)4-5-11(18-3)13(12)15-9(2)17/h4-5,7-8H,6H2,1-3H3,(H,15,17). The predicted octanol–water partition coefficient (Wildman–Crippen LogP) is 3.00. The summed E-state index contributed by atoms with van der Waals surface area (Å²) in [6.07, 6.45) is 1.16. The second-order valence-electron chi connectivity index (χ2n) is 4.02. The Labute approximate surface area is 111 Å². The number of carbonyl (C=O) groups is 2. The molecule has 0 radical (unpaired) electrons. The largest absolute Gasteiger partial charge is 0.495 e. The van der Waals surface area contributed by atoms with Gasteiger partial charge >= 0.3 is 0 Å². The van der Waals surface area contributed by atoms with Crippen LogP contribution >= 0.6 is 11.6 Å². The second-order valence-corrected chi connectivity index (χ2v) is 4.43. The topological polar surface area (TPSA) is 55.4 Å². The van der Waals surface area contributed by atoms with Crippen molar-refractivity contribution in [3.05, 3.63) is 22.7 Å². The van der Waals surface area contributed by atoms with Gasteiger partial charge in [-0.1, -0.05) is 18.5 Å². The monoisotopic (exact) mass is 269 g/mol. The van der Waals surface area contributed by atoms with E-state index < -0.39 is 0 Å². The van der Waals surface area contributed by atoms with E-state index in [0.717, 1.165) is 11.8 Å². The van der Waals surface area contributed by atoms with Crippen LogP contribution in [0.15, 0.2) is 12.1 Å². The molecule has 1 aromatic rings. The lowest BCUT2D eigenvalue weighted by Crippen LogP contribution is -2.11. The van der Waals surface area contributed by atoms with Gasteiger partial charge in [0.05, 0.1) is 12.8 Å². The number of amides is 1. The van der Waals surface area contributed by atoms with Crippen LogP contribution in [0.1, 0.15) is 31.7 Å². The molecule has 1 N–H and O–H groups in total. The van der Waals surface area contributed by atoms with E-state index >= 15 is 0 Å². The molecule has 0 spiro atoms. The summed E-state index contributed by atoms with van der Waals surface area (Å²) in [4.78, 5) is 21.9. The van der Waals surface area contributed by atoms with Crippen molar-refractivity contribution in [2.24, 2.45) is 0 Å². The fraction of sp³-hybridized carbons (Fsp3) is 0.385. The smallest absolute Gasteiger partial charge is 0.221 e. The van der Waals surface area contributed by atoms with Crippen LogP contribution in [0, 0.1) is 0 Å². The number of halogens is 1. The SMILES string of the molecule is COc1ccc(Cl)c(C(C)CC=O)c1NC(C)=O. The van der Waals surface area contributed by atoms with Crippen LogP contribution in [-0.4, -0.2) is 19.3 Å². The average molecular weight is 270 g/mol. The normalized spacial score (nSPS) is 11.8. The van der Waals surface area contributed by atoms with Crippen LogP contribution in [0.5, 0.6) is 5.75 Å². The summed E-state index contributed by atoms with van der Waals surface area (Å²) in [5, 5.41) is 3.22. The number of aldehydes is 1. The number of hydrogen-bond acceptors (Lipinski definition) is 3. The van der Waals surface area contributed by atoms with Crippen molar-refractivity contribution in [3.8, 4) is 5.75 Å². The molecule has 0 aromatic heterocycles. The number of ether oxygens (including phenoxy) is 1. The molecule has 0 bridgehead atoms. The fourth-order valence-electron chi connectivity index (χ4n) is 1.79. The van der Waals surface area contributed by atoms with Crippen molar-refractivity contribution in [3.63, 3.8) is 0 Å². The van der Waals surface area contributed by atoms with Crippen LogP contribution < -0.4 is 10.1 Å². The maximum absolute atomic E-state index is 11.2. The number of carbonyl (C=O) groups excluding carboxylic acids is 2. The zero-order valence-corrected chi connectivity index (χ0v) is 11.4. The van der Waals surface area contributed by atoms with Crippen molar-refractivity contribution in [2.75, 3.05) is 12.4 Å². The van der Waals surface area contributed by atoms with E-state index in [9.17, 15) is 9.59 Å². The van der Waals surface area contributed by atoms with Crippen molar-refractivity contribution in [1.82, 2.24) is 0 Å². The van der Waals surface area contributed by atoms with Crippen LogP contribution in [0.25, 0.3) is 0 Å². The van der Waals surface area contributed by atoms with Gasteiger partial charge in [-0.3, -0.25) is 4.79 Å². The number of benzene rings is 1. The summed E-state index contributed by atoms with van der Waals surface area (Å²) >= 11 is 6.15. The molecule has 0 fully saturated rings. The lowest BCUT2D eigenvalue weighted by molar-refractivity contribution is -0.114. The first-order valence-corrected chi connectivity index (χ1v) is 5.96. The molecule has 98 valence electrons. The van der Waals surface area contributed by atoms with E-state index in [1.54, 1.807) is 12.1 Å². The van der Waals surface area contributed by atoms with Gasteiger partial charge in [-0.15, -0.1) is 0 Å². The first kappa shape index (κ1) is 14.5. The minimum absolute atomic E-state index is 0.0908. The molecule has 0 aliphatic heterocycles. The Kier molecular flexibility index (Phi) is 5.16. The van der Waals surface area contributed by atoms with Gasteiger partial charge < -0.3 is 14.8 Å². The van der Waals surface area contributed by atoms with Crippen molar-refractivity contribution in [2.45, 2.75) is 26.2 Å². The highest BCUT2D eigenvalue weighted by molar-refractivity contribution is 6.32. The van der Waals surface area contributed by atoms with Gasteiger partial charge in [-0.05, 0) is 18.1 Å². The molecule has 1 unspecified atom stereocenters. The molecule has 18 heavy (non-hydrogen) atoms. The number of hydrogen-bond donors (Lipinski definition) is 1. The molecular formula is C13H16ClNO3. The Morgan fingerprint density at radius 3 is 2.72 bits per heavy atom. The number of nitrogens with one attached hydrogen (secondary N) is 1. The third kappa shape index (κ3) is 3.23. The molecule has 1 atom stereocenters. The minimum atomic E-state index is -0.213. The van der Waals surface area contributed by atoms with Gasteiger partial charge in [-0.25, -0.2) is 0 Å². The van der Waals surface area contributed by atoms with Gasteiger partial charge in [0.2, 0.25) is 5.91 Å². The Morgan fingerprint density at radius 2 is 2.22 bits per heavy atom. The number of rotatable bonds is 5. The highest BCUT2D eigenvalue weighted by atomic mass is 35.5. The lowest BCUT2D eigenvalue weighted by Gasteiger charge is -2.19.